The molecule has 1 atom stereocenters. The van der Waals surface area contributed by atoms with Crippen molar-refractivity contribution in [2.75, 3.05) is 0 Å². The Balaban J connectivity index is 1.78. The van der Waals surface area contributed by atoms with Crippen molar-refractivity contribution in [2.24, 2.45) is 0 Å². The van der Waals surface area contributed by atoms with Crippen molar-refractivity contribution in [1.82, 2.24) is 0 Å². The summed E-state index contributed by atoms with van der Waals surface area (Å²) in [7, 11) is 0. The first kappa shape index (κ1) is 13.9. The van der Waals surface area contributed by atoms with Gasteiger partial charge in [-0.15, -0.1) is 0 Å². The number of nitro benzene ring substituents is 1. The van der Waals surface area contributed by atoms with Crippen molar-refractivity contribution >= 4 is 17.4 Å². The van der Waals surface area contributed by atoms with E-state index in [1.807, 2.05) is 0 Å². The summed E-state index contributed by atoms with van der Waals surface area (Å²) in [4.78, 5) is 34.0. The molecule has 0 radical (unpaired) electrons. The predicted octanol–water partition coefficient (Wildman–Crippen LogP) is 3.08. The molecule has 0 saturated heterocycles. The number of ether oxygens (including phenoxy) is 1. The Hall–Kier alpha value is -3.02. The number of hydrogen-bond donors (Lipinski definition) is 0. The minimum Gasteiger partial charge on any atom is -0.453 e. The number of benzene rings is 2. The molecule has 2 aromatic carbocycles. The molecule has 0 aromatic heterocycles. The van der Waals surface area contributed by atoms with Crippen molar-refractivity contribution in [3.05, 3.63) is 75.3 Å². The number of ketones is 1. The fraction of sp³-hybridized carbons (Fsp3) is 0.125. The van der Waals surface area contributed by atoms with Crippen LogP contribution in [0.5, 0.6) is 0 Å². The Bertz CT molecular complexity index is 766. The number of carbonyl (C=O) groups excluding carboxylic acids is 2. The number of cyclic esters (lactones) is 1. The van der Waals surface area contributed by atoms with E-state index >= 15 is 0 Å². The third kappa shape index (κ3) is 2.46. The first-order valence-electron chi connectivity index (χ1n) is 6.64. The second-order valence-corrected chi connectivity index (χ2v) is 4.91. The fourth-order valence-electron chi connectivity index (χ4n) is 2.43. The Morgan fingerprint density at radius 2 is 1.82 bits per heavy atom. The van der Waals surface area contributed by atoms with Gasteiger partial charge in [0.05, 0.1) is 16.9 Å². The average Bonchev–Trinajstić information content (AvgIpc) is 2.84. The standard InChI is InChI=1S/C16H11NO5/c18-14(10-5-7-11(8-6-10)17(20)21)9-15-12-3-1-2-4-13(12)16(19)22-15/h1-8,15H,9H2/t15-/m0/s1. The molecule has 0 unspecified atom stereocenters. The van der Waals surface area contributed by atoms with Crippen molar-refractivity contribution in [3.63, 3.8) is 0 Å². The Labute approximate surface area is 125 Å². The lowest BCUT2D eigenvalue weighted by Gasteiger charge is -2.09. The average molecular weight is 297 g/mol. The van der Waals surface area contributed by atoms with Crippen LogP contribution in [0.4, 0.5) is 5.69 Å². The quantitative estimate of drug-likeness (QED) is 0.374. The molecule has 110 valence electrons. The van der Waals surface area contributed by atoms with Crippen LogP contribution >= 0.6 is 0 Å². The van der Waals surface area contributed by atoms with Gasteiger partial charge in [-0.25, -0.2) is 4.79 Å². The first-order valence-corrected chi connectivity index (χ1v) is 6.64. The number of fused-ring (bicyclic) bond motifs is 1. The highest BCUT2D eigenvalue weighted by molar-refractivity contribution is 5.99. The molecule has 0 amide bonds. The highest BCUT2D eigenvalue weighted by atomic mass is 16.6. The molecule has 0 bridgehead atoms. The molecule has 0 fully saturated rings. The zero-order valence-corrected chi connectivity index (χ0v) is 11.4. The van der Waals surface area contributed by atoms with Crippen LogP contribution in [0, 0.1) is 10.1 Å². The number of Topliss-reactive ketones (excluding diaryl/α,β-unsaturated/α-hetero) is 1. The number of esters is 1. The van der Waals surface area contributed by atoms with Gasteiger partial charge in [0.2, 0.25) is 0 Å². The van der Waals surface area contributed by atoms with Crippen LogP contribution in [0.1, 0.15) is 38.8 Å². The zero-order chi connectivity index (χ0) is 15.7. The van der Waals surface area contributed by atoms with E-state index < -0.39 is 17.0 Å². The lowest BCUT2D eigenvalue weighted by Crippen LogP contribution is -2.07. The fourth-order valence-corrected chi connectivity index (χ4v) is 2.43. The Kier molecular flexibility index (Phi) is 3.42. The second kappa shape index (κ2) is 5.40. The molecule has 2 aromatic rings. The van der Waals surface area contributed by atoms with Crippen molar-refractivity contribution in [1.29, 1.82) is 0 Å². The predicted molar refractivity (Wildman–Crippen MR) is 76.6 cm³/mol. The van der Waals surface area contributed by atoms with Crippen molar-refractivity contribution in [3.8, 4) is 0 Å². The highest BCUT2D eigenvalue weighted by Gasteiger charge is 2.32. The van der Waals surface area contributed by atoms with Gasteiger partial charge in [0.1, 0.15) is 6.10 Å². The number of carbonyl (C=O) groups is 2. The minimum absolute atomic E-state index is 0.0144. The van der Waals surface area contributed by atoms with Gasteiger partial charge in [0, 0.05) is 23.3 Å². The van der Waals surface area contributed by atoms with Gasteiger partial charge < -0.3 is 4.74 Å². The summed E-state index contributed by atoms with van der Waals surface area (Å²) in [6.45, 7) is 0. The van der Waals surface area contributed by atoms with E-state index in [2.05, 4.69) is 0 Å². The number of nitrogens with zero attached hydrogens (tertiary/aromatic N) is 1. The lowest BCUT2D eigenvalue weighted by atomic mass is 9.98. The van der Waals surface area contributed by atoms with Crippen LogP contribution in [-0.2, 0) is 4.74 Å². The summed E-state index contributed by atoms with van der Waals surface area (Å²) in [5, 5.41) is 10.6. The normalized spacial score (nSPS) is 16.0. The SMILES string of the molecule is O=C(C[C@@H]1OC(=O)c2ccccc21)c1ccc([N+](=O)[O-])cc1. The van der Waals surface area contributed by atoms with E-state index in [1.54, 1.807) is 24.3 Å². The van der Waals surface area contributed by atoms with Gasteiger partial charge in [0.15, 0.2) is 5.78 Å². The molecule has 0 spiro atoms. The molecule has 1 aliphatic rings. The number of nitro groups is 1. The summed E-state index contributed by atoms with van der Waals surface area (Å²) in [6.07, 6.45) is -0.591. The summed E-state index contributed by atoms with van der Waals surface area (Å²) in [5.74, 6) is -0.665. The van der Waals surface area contributed by atoms with E-state index in [4.69, 9.17) is 4.74 Å². The molecule has 6 nitrogen and oxygen atoms in total. The van der Waals surface area contributed by atoms with Crippen LogP contribution in [0.2, 0.25) is 0 Å². The Morgan fingerprint density at radius 3 is 2.50 bits per heavy atom. The lowest BCUT2D eigenvalue weighted by molar-refractivity contribution is -0.384. The molecule has 1 heterocycles. The third-order valence-corrected chi connectivity index (χ3v) is 3.55. The Morgan fingerprint density at radius 1 is 1.14 bits per heavy atom. The number of hydrogen-bond acceptors (Lipinski definition) is 5. The van der Waals surface area contributed by atoms with E-state index in [9.17, 15) is 19.7 Å². The second-order valence-electron chi connectivity index (χ2n) is 4.91. The van der Waals surface area contributed by atoms with Gasteiger partial charge >= 0.3 is 5.97 Å². The van der Waals surface area contributed by atoms with Crippen LogP contribution in [-0.4, -0.2) is 16.7 Å². The van der Waals surface area contributed by atoms with Gasteiger partial charge in [0.25, 0.3) is 5.69 Å². The third-order valence-electron chi connectivity index (χ3n) is 3.55. The summed E-state index contributed by atoms with van der Waals surface area (Å²) in [5.41, 5.74) is 1.45. The molecule has 1 aliphatic heterocycles. The molecule has 22 heavy (non-hydrogen) atoms. The maximum absolute atomic E-state index is 12.2. The van der Waals surface area contributed by atoms with Gasteiger partial charge in [-0.2, -0.15) is 0 Å². The molecular weight excluding hydrogens is 286 g/mol. The van der Waals surface area contributed by atoms with Crippen molar-refractivity contribution < 1.29 is 19.2 Å². The van der Waals surface area contributed by atoms with E-state index in [1.165, 1.54) is 24.3 Å². The van der Waals surface area contributed by atoms with Crippen LogP contribution in [0.15, 0.2) is 48.5 Å². The highest BCUT2D eigenvalue weighted by Crippen LogP contribution is 2.33. The van der Waals surface area contributed by atoms with E-state index in [0.29, 0.717) is 16.7 Å². The van der Waals surface area contributed by atoms with Crippen molar-refractivity contribution in [2.45, 2.75) is 12.5 Å². The maximum atomic E-state index is 12.2. The maximum Gasteiger partial charge on any atom is 0.339 e. The number of non-ortho nitro benzene ring substituents is 1. The van der Waals surface area contributed by atoms with Crippen LogP contribution < -0.4 is 0 Å². The molecule has 0 aliphatic carbocycles. The smallest absolute Gasteiger partial charge is 0.339 e. The van der Waals surface area contributed by atoms with Gasteiger partial charge in [-0.1, -0.05) is 18.2 Å². The molecule has 6 heteroatoms. The number of rotatable bonds is 4. The van der Waals surface area contributed by atoms with E-state index in [0.717, 1.165) is 0 Å². The molecule has 0 saturated carbocycles. The molecule has 3 rings (SSSR count). The minimum atomic E-state index is -0.605. The topological polar surface area (TPSA) is 86.5 Å². The zero-order valence-electron chi connectivity index (χ0n) is 11.4. The van der Waals surface area contributed by atoms with Crippen LogP contribution in [0.25, 0.3) is 0 Å². The van der Waals surface area contributed by atoms with Gasteiger partial charge in [-0.05, 0) is 18.2 Å². The molecule has 0 N–H and O–H groups in total. The van der Waals surface area contributed by atoms with Crippen LogP contribution in [0.3, 0.4) is 0 Å². The first-order chi connectivity index (χ1) is 10.6. The summed E-state index contributed by atoms with van der Waals surface area (Å²) < 4.78 is 5.22. The molecular formula is C16H11NO5. The van der Waals surface area contributed by atoms with E-state index in [-0.39, 0.29) is 17.9 Å². The summed E-state index contributed by atoms with van der Waals surface area (Å²) >= 11 is 0. The largest absolute Gasteiger partial charge is 0.453 e. The monoisotopic (exact) mass is 297 g/mol. The summed E-state index contributed by atoms with van der Waals surface area (Å²) in [6, 6.07) is 12.3. The van der Waals surface area contributed by atoms with Gasteiger partial charge in [-0.3, -0.25) is 14.9 Å².